The lowest BCUT2D eigenvalue weighted by molar-refractivity contribution is 0.184. The van der Waals surface area contributed by atoms with Crippen molar-refractivity contribution in [1.29, 1.82) is 0 Å². The van der Waals surface area contributed by atoms with Gasteiger partial charge >= 0.3 is 0 Å². The molecule has 1 heterocycles. The summed E-state index contributed by atoms with van der Waals surface area (Å²) in [5.41, 5.74) is 2.23. The largest absolute Gasteiger partial charge is 0.393 e. The van der Waals surface area contributed by atoms with Crippen LogP contribution in [-0.2, 0) is 13.5 Å². The number of hydrogen-bond donors (Lipinski definition) is 1. The molecule has 0 bridgehead atoms. The van der Waals surface area contributed by atoms with Crippen molar-refractivity contribution in [2.75, 3.05) is 0 Å². The number of aliphatic hydroxyl groups excluding tert-OH is 1. The highest BCUT2D eigenvalue weighted by Gasteiger charge is 2.02. The average molecular weight is 168 g/mol. The van der Waals surface area contributed by atoms with Crippen LogP contribution in [0.1, 0.15) is 24.7 Å². The van der Waals surface area contributed by atoms with E-state index in [1.54, 1.807) is 6.92 Å². The van der Waals surface area contributed by atoms with E-state index in [1.807, 2.05) is 18.7 Å². The molecule has 1 unspecified atom stereocenters. The minimum Gasteiger partial charge on any atom is -0.393 e. The zero-order chi connectivity index (χ0) is 9.14. The summed E-state index contributed by atoms with van der Waals surface area (Å²) in [5, 5.41) is 13.3. The number of aromatic nitrogens is 2. The van der Waals surface area contributed by atoms with Gasteiger partial charge in [0.2, 0.25) is 0 Å². The van der Waals surface area contributed by atoms with Crippen LogP contribution in [0.4, 0.5) is 0 Å². The van der Waals surface area contributed by atoms with Gasteiger partial charge in [-0.25, -0.2) is 0 Å². The number of aryl methyl sites for hydroxylation is 3. The fourth-order valence-electron chi connectivity index (χ4n) is 1.11. The Bertz CT molecular complexity index is 234. The number of aliphatic hydroxyl groups is 1. The highest BCUT2D eigenvalue weighted by molar-refractivity contribution is 5.08. The number of rotatable bonds is 3. The molecule has 1 rings (SSSR count). The van der Waals surface area contributed by atoms with Gasteiger partial charge in [-0.15, -0.1) is 0 Å². The Kier molecular flexibility index (Phi) is 2.87. The second-order valence-electron chi connectivity index (χ2n) is 3.29. The Morgan fingerprint density at radius 3 is 2.75 bits per heavy atom. The SMILES string of the molecule is Cc1cc(CCC(C)O)nn1C. The molecule has 0 saturated heterocycles. The third kappa shape index (κ3) is 2.34. The first-order valence-electron chi connectivity index (χ1n) is 4.27. The van der Waals surface area contributed by atoms with Gasteiger partial charge in [-0.3, -0.25) is 4.68 Å². The molecule has 0 aliphatic carbocycles. The Hall–Kier alpha value is -0.830. The summed E-state index contributed by atoms with van der Waals surface area (Å²) < 4.78 is 1.86. The summed E-state index contributed by atoms with van der Waals surface area (Å²) >= 11 is 0. The van der Waals surface area contributed by atoms with E-state index in [0.717, 1.165) is 24.2 Å². The van der Waals surface area contributed by atoms with Gasteiger partial charge in [-0.1, -0.05) is 0 Å². The van der Waals surface area contributed by atoms with E-state index in [1.165, 1.54) is 0 Å². The van der Waals surface area contributed by atoms with E-state index in [0.29, 0.717) is 0 Å². The first-order chi connectivity index (χ1) is 5.59. The van der Waals surface area contributed by atoms with Gasteiger partial charge in [-0.2, -0.15) is 5.10 Å². The summed E-state index contributed by atoms with van der Waals surface area (Å²) in [5.74, 6) is 0. The Balaban J connectivity index is 2.53. The third-order valence-corrected chi connectivity index (χ3v) is 1.98. The zero-order valence-corrected chi connectivity index (χ0v) is 7.91. The molecule has 0 aliphatic rings. The number of nitrogens with zero attached hydrogens (tertiary/aromatic N) is 2. The minimum atomic E-state index is -0.229. The van der Waals surface area contributed by atoms with Crippen LogP contribution in [0.25, 0.3) is 0 Å². The molecule has 1 aromatic heterocycles. The molecule has 3 heteroatoms. The molecule has 0 fully saturated rings. The molecule has 1 atom stereocenters. The fraction of sp³-hybridized carbons (Fsp3) is 0.667. The van der Waals surface area contributed by atoms with Crippen molar-refractivity contribution in [2.45, 2.75) is 32.8 Å². The molecule has 0 aliphatic heterocycles. The van der Waals surface area contributed by atoms with Crippen LogP contribution in [-0.4, -0.2) is 21.0 Å². The smallest absolute Gasteiger partial charge is 0.0628 e. The van der Waals surface area contributed by atoms with E-state index in [4.69, 9.17) is 5.11 Å². The van der Waals surface area contributed by atoms with Crippen LogP contribution in [0.2, 0.25) is 0 Å². The lowest BCUT2D eigenvalue weighted by Crippen LogP contribution is -2.02. The fourth-order valence-corrected chi connectivity index (χ4v) is 1.11. The monoisotopic (exact) mass is 168 g/mol. The molecule has 12 heavy (non-hydrogen) atoms. The molecular formula is C9H16N2O. The maximum atomic E-state index is 9.06. The summed E-state index contributed by atoms with van der Waals surface area (Å²) in [6.45, 7) is 3.83. The van der Waals surface area contributed by atoms with Crippen LogP contribution >= 0.6 is 0 Å². The maximum Gasteiger partial charge on any atom is 0.0628 e. The van der Waals surface area contributed by atoms with Gasteiger partial charge in [0.1, 0.15) is 0 Å². The average Bonchev–Trinajstić information content (AvgIpc) is 2.28. The highest BCUT2D eigenvalue weighted by Crippen LogP contribution is 2.05. The van der Waals surface area contributed by atoms with Crippen molar-refractivity contribution >= 4 is 0 Å². The minimum absolute atomic E-state index is 0.229. The lowest BCUT2D eigenvalue weighted by atomic mass is 10.2. The predicted octanol–water partition coefficient (Wildman–Crippen LogP) is 1.04. The third-order valence-electron chi connectivity index (χ3n) is 1.98. The van der Waals surface area contributed by atoms with Crippen LogP contribution in [0.5, 0.6) is 0 Å². The van der Waals surface area contributed by atoms with Crippen LogP contribution in [0.3, 0.4) is 0 Å². The molecule has 0 aromatic carbocycles. The molecule has 0 radical (unpaired) electrons. The maximum absolute atomic E-state index is 9.06. The van der Waals surface area contributed by atoms with Gasteiger partial charge in [0.15, 0.2) is 0 Å². The Labute approximate surface area is 73.0 Å². The zero-order valence-electron chi connectivity index (χ0n) is 7.91. The van der Waals surface area contributed by atoms with Crippen molar-refractivity contribution in [3.8, 4) is 0 Å². The highest BCUT2D eigenvalue weighted by atomic mass is 16.3. The Morgan fingerprint density at radius 2 is 2.33 bits per heavy atom. The summed E-state index contributed by atoms with van der Waals surface area (Å²) in [6.07, 6.45) is 1.42. The molecule has 0 amide bonds. The summed E-state index contributed by atoms with van der Waals surface area (Å²) in [4.78, 5) is 0. The van der Waals surface area contributed by atoms with Gasteiger partial charge in [0.25, 0.3) is 0 Å². The first-order valence-corrected chi connectivity index (χ1v) is 4.27. The standard InChI is InChI=1S/C9H16N2O/c1-7-6-9(10-11(7)3)5-4-8(2)12/h6,8,12H,4-5H2,1-3H3. The quantitative estimate of drug-likeness (QED) is 0.732. The van der Waals surface area contributed by atoms with E-state index < -0.39 is 0 Å². The summed E-state index contributed by atoms with van der Waals surface area (Å²) in [7, 11) is 1.93. The lowest BCUT2D eigenvalue weighted by Gasteiger charge is -1.99. The van der Waals surface area contributed by atoms with Crippen molar-refractivity contribution in [3.05, 3.63) is 17.5 Å². The van der Waals surface area contributed by atoms with E-state index >= 15 is 0 Å². The molecule has 1 aromatic rings. The van der Waals surface area contributed by atoms with Gasteiger partial charge < -0.3 is 5.11 Å². The van der Waals surface area contributed by atoms with Gasteiger partial charge in [0, 0.05) is 12.7 Å². The van der Waals surface area contributed by atoms with Crippen molar-refractivity contribution in [3.63, 3.8) is 0 Å². The van der Waals surface area contributed by atoms with Crippen LogP contribution < -0.4 is 0 Å². The Morgan fingerprint density at radius 1 is 1.67 bits per heavy atom. The predicted molar refractivity (Wildman–Crippen MR) is 47.9 cm³/mol. The molecular weight excluding hydrogens is 152 g/mol. The normalized spacial score (nSPS) is 13.3. The second-order valence-corrected chi connectivity index (χ2v) is 3.29. The van der Waals surface area contributed by atoms with Crippen LogP contribution in [0, 0.1) is 6.92 Å². The van der Waals surface area contributed by atoms with E-state index in [2.05, 4.69) is 11.2 Å². The van der Waals surface area contributed by atoms with Gasteiger partial charge in [-0.05, 0) is 32.8 Å². The molecule has 0 saturated carbocycles. The van der Waals surface area contributed by atoms with Crippen molar-refractivity contribution in [1.82, 2.24) is 9.78 Å². The van der Waals surface area contributed by atoms with Crippen LogP contribution in [0.15, 0.2) is 6.07 Å². The van der Waals surface area contributed by atoms with Crippen molar-refractivity contribution in [2.24, 2.45) is 7.05 Å². The van der Waals surface area contributed by atoms with E-state index in [-0.39, 0.29) is 6.10 Å². The topological polar surface area (TPSA) is 38.1 Å². The number of hydrogen-bond acceptors (Lipinski definition) is 2. The van der Waals surface area contributed by atoms with Gasteiger partial charge in [0.05, 0.1) is 11.8 Å². The molecule has 68 valence electrons. The first kappa shape index (κ1) is 9.26. The summed E-state index contributed by atoms with van der Waals surface area (Å²) in [6, 6.07) is 2.06. The van der Waals surface area contributed by atoms with Crippen molar-refractivity contribution < 1.29 is 5.11 Å². The molecule has 0 spiro atoms. The van der Waals surface area contributed by atoms with E-state index in [9.17, 15) is 0 Å². The molecule has 3 nitrogen and oxygen atoms in total. The molecule has 1 N–H and O–H groups in total. The second kappa shape index (κ2) is 3.72.